The van der Waals surface area contributed by atoms with Crippen LogP contribution in [0.1, 0.15) is 31.2 Å². The first-order valence-electron chi connectivity index (χ1n) is 6.99. The normalized spacial score (nSPS) is 32.7. The van der Waals surface area contributed by atoms with Crippen LogP contribution in [0.25, 0.3) is 0 Å². The van der Waals surface area contributed by atoms with Crippen molar-refractivity contribution in [3.63, 3.8) is 0 Å². The third-order valence-electron chi connectivity index (χ3n) is 4.52. The number of hydrogen-bond acceptors (Lipinski definition) is 3. The van der Waals surface area contributed by atoms with Crippen molar-refractivity contribution in [2.75, 3.05) is 6.61 Å². The average molecular weight is 298 g/mol. The van der Waals surface area contributed by atoms with E-state index in [1.165, 1.54) is 0 Å². The molecule has 0 bridgehead atoms. The molecule has 0 heterocycles. The van der Waals surface area contributed by atoms with Gasteiger partial charge in [-0.1, -0.05) is 17.7 Å². The van der Waals surface area contributed by atoms with Gasteiger partial charge in [0, 0.05) is 0 Å². The number of alkyl halides is 1. The van der Waals surface area contributed by atoms with Crippen molar-refractivity contribution in [3.05, 3.63) is 29.8 Å². The van der Waals surface area contributed by atoms with Gasteiger partial charge in [-0.3, -0.25) is 4.18 Å². The van der Waals surface area contributed by atoms with E-state index in [9.17, 15) is 12.8 Å². The van der Waals surface area contributed by atoms with Crippen molar-refractivity contribution in [3.8, 4) is 0 Å². The maximum Gasteiger partial charge on any atom is 0.296 e. The molecule has 1 aromatic carbocycles. The van der Waals surface area contributed by atoms with Crippen molar-refractivity contribution in [2.24, 2.45) is 11.3 Å². The monoisotopic (exact) mass is 298 g/mol. The summed E-state index contributed by atoms with van der Waals surface area (Å²) in [6.07, 6.45) is 2.45. The van der Waals surface area contributed by atoms with E-state index in [2.05, 4.69) is 0 Å². The maximum atomic E-state index is 12.9. The second-order valence-electron chi connectivity index (χ2n) is 6.33. The van der Waals surface area contributed by atoms with E-state index in [1.54, 1.807) is 24.3 Å². The number of rotatable bonds is 4. The summed E-state index contributed by atoms with van der Waals surface area (Å²) in [7, 11) is -3.66. The molecule has 0 aromatic heterocycles. The van der Waals surface area contributed by atoms with Gasteiger partial charge in [0.05, 0.1) is 11.5 Å². The fraction of sp³-hybridized carbons (Fsp3) is 0.600. The Bertz CT molecular complexity index is 580. The molecule has 0 radical (unpaired) electrons. The van der Waals surface area contributed by atoms with Gasteiger partial charge in [0.2, 0.25) is 0 Å². The number of aryl methyl sites for hydroxylation is 1. The van der Waals surface area contributed by atoms with E-state index in [1.807, 2.05) is 6.92 Å². The average Bonchev–Trinajstić information content (AvgIpc) is 2.31. The van der Waals surface area contributed by atoms with Crippen molar-refractivity contribution < 1.29 is 17.0 Å². The van der Waals surface area contributed by atoms with Crippen LogP contribution in [-0.4, -0.2) is 21.2 Å². The molecule has 2 fully saturated rings. The van der Waals surface area contributed by atoms with Gasteiger partial charge in [0.25, 0.3) is 10.1 Å². The zero-order valence-corrected chi connectivity index (χ0v) is 12.3. The molecule has 3 nitrogen and oxygen atoms in total. The SMILES string of the molecule is Cc1ccc(S(=O)(=O)OCC2CC3(CC(F)C3)C2)cc1. The molecule has 0 aliphatic heterocycles. The molecule has 1 spiro atoms. The van der Waals surface area contributed by atoms with Crippen molar-refractivity contribution in [1.29, 1.82) is 0 Å². The highest BCUT2D eigenvalue weighted by Crippen LogP contribution is 2.59. The van der Waals surface area contributed by atoms with Gasteiger partial charge in [-0.15, -0.1) is 0 Å². The van der Waals surface area contributed by atoms with Gasteiger partial charge < -0.3 is 0 Å². The molecule has 1 aromatic rings. The lowest BCUT2D eigenvalue weighted by Gasteiger charge is -2.55. The van der Waals surface area contributed by atoms with Crippen LogP contribution in [0.15, 0.2) is 29.2 Å². The van der Waals surface area contributed by atoms with Crippen LogP contribution < -0.4 is 0 Å². The minimum absolute atomic E-state index is 0.168. The van der Waals surface area contributed by atoms with Crippen LogP contribution in [0.4, 0.5) is 4.39 Å². The highest BCUT2D eigenvalue weighted by Gasteiger charge is 2.53. The summed E-state index contributed by atoms with van der Waals surface area (Å²) < 4.78 is 42.0. The quantitative estimate of drug-likeness (QED) is 0.802. The molecule has 0 N–H and O–H groups in total. The van der Waals surface area contributed by atoms with Crippen LogP contribution in [0.3, 0.4) is 0 Å². The first kappa shape index (κ1) is 14.0. The van der Waals surface area contributed by atoms with Crippen LogP contribution in [0, 0.1) is 18.3 Å². The molecule has 110 valence electrons. The third-order valence-corrected chi connectivity index (χ3v) is 5.82. The molecule has 2 aliphatic carbocycles. The van der Waals surface area contributed by atoms with E-state index < -0.39 is 16.3 Å². The lowest BCUT2D eigenvalue weighted by molar-refractivity contribution is -0.0886. The smallest absolute Gasteiger partial charge is 0.266 e. The number of halogens is 1. The summed E-state index contributed by atoms with van der Waals surface area (Å²) in [5.41, 5.74) is 1.18. The Labute approximate surface area is 119 Å². The molecule has 20 heavy (non-hydrogen) atoms. The molecule has 0 saturated heterocycles. The fourth-order valence-corrected chi connectivity index (χ4v) is 4.43. The zero-order chi connectivity index (χ0) is 14.4. The highest BCUT2D eigenvalue weighted by atomic mass is 32.2. The molecule has 2 saturated carbocycles. The minimum atomic E-state index is -3.66. The van der Waals surface area contributed by atoms with Gasteiger partial charge in [0.15, 0.2) is 0 Å². The summed E-state index contributed by atoms with van der Waals surface area (Å²) >= 11 is 0. The largest absolute Gasteiger partial charge is 0.296 e. The Hall–Kier alpha value is -0.940. The predicted octanol–water partition coefficient (Wildman–Crippen LogP) is 3.23. The summed E-state index contributed by atoms with van der Waals surface area (Å²) in [5.74, 6) is 0.253. The Morgan fingerprint density at radius 1 is 1.20 bits per heavy atom. The highest BCUT2D eigenvalue weighted by molar-refractivity contribution is 7.86. The van der Waals surface area contributed by atoms with Crippen molar-refractivity contribution in [2.45, 2.75) is 43.7 Å². The lowest BCUT2D eigenvalue weighted by atomic mass is 9.51. The van der Waals surface area contributed by atoms with Crippen molar-refractivity contribution in [1.82, 2.24) is 0 Å². The number of benzene rings is 1. The summed E-state index contributed by atoms with van der Waals surface area (Å²) in [6.45, 7) is 2.12. The topological polar surface area (TPSA) is 43.4 Å². The molecule has 0 unspecified atom stereocenters. The lowest BCUT2D eigenvalue weighted by Crippen LogP contribution is -2.49. The minimum Gasteiger partial charge on any atom is -0.266 e. The molecule has 0 atom stereocenters. The van der Waals surface area contributed by atoms with Crippen molar-refractivity contribution >= 4 is 10.1 Å². The van der Waals surface area contributed by atoms with E-state index >= 15 is 0 Å². The van der Waals surface area contributed by atoms with E-state index in [4.69, 9.17) is 4.18 Å². The Balaban J connectivity index is 1.52. The predicted molar refractivity (Wildman–Crippen MR) is 73.6 cm³/mol. The van der Waals surface area contributed by atoms with Crippen LogP contribution >= 0.6 is 0 Å². The van der Waals surface area contributed by atoms with Gasteiger partial charge in [-0.05, 0) is 56.1 Å². The summed E-state index contributed by atoms with van der Waals surface area (Å²) in [5, 5.41) is 0. The summed E-state index contributed by atoms with van der Waals surface area (Å²) in [6, 6.07) is 6.63. The zero-order valence-electron chi connectivity index (χ0n) is 11.5. The first-order chi connectivity index (χ1) is 9.39. The van der Waals surface area contributed by atoms with E-state index in [-0.39, 0.29) is 22.8 Å². The standard InChI is InChI=1S/C15H19FO3S/c1-11-2-4-14(5-3-11)20(17,18)19-10-12-6-15(7-12)8-13(16)9-15/h2-5,12-13H,6-10H2,1H3. The number of hydrogen-bond donors (Lipinski definition) is 0. The second-order valence-corrected chi connectivity index (χ2v) is 7.95. The van der Waals surface area contributed by atoms with Gasteiger partial charge in [0.1, 0.15) is 6.17 Å². The van der Waals surface area contributed by atoms with E-state index in [0.717, 1.165) is 18.4 Å². The van der Waals surface area contributed by atoms with Crippen LogP contribution in [0.2, 0.25) is 0 Å². The molecule has 0 amide bonds. The first-order valence-corrected chi connectivity index (χ1v) is 8.40. The fourth-order valence-electron chi connectivity index (χ4n) is 3.45. The Morgan fingerprint density at radius 3 is 2.35 bits per heavy atom. The molecule has 3 rings (SSSR count). The molecule has 5 heteroatoms. The molecular formula is C15H19FO3S. The summed E-state index contributed by atoms with van der Waals surface area (Å²) in [4.78, 5) is 0.199. The molecule has 2 aliphatic rings. The second kappa shape index (κ2) is 4.81. The van der Waals surface area contributed by atoms with Gasteiger partial charge in [-0.2, -0.15) is 8.42 Å². The molecular weight excluding hydrogens is 279 g/mol. The Morgan fingerprint density at radius 2 is 1.80 bits per heavy atom. The van der Waals surface area contributed by atoms with E-state index in [0.29, 0.717) is 12.8 Å². The maximum absolute atomic E-state index is 12.9. The van der Waals surface area contributed by atoms with Gasteiger partial charge >= 0.3 is 0 Å². The van der Waals surface area contributed by atoms with Gasteiger partial charge in [-0.25, -0.2) is 4.39 Å². The Kier molecular flexibility index (Phi) is 3.37. The van der Waals surface area contributed by atoms with Crippen LogP contribution in [-0.2, 0) is 14.3 Å². The van der Waals surface area contributed by atoms with Crippen LogP contribution in [0.5, 0.6) is 0 Å². The third kappa shape index (κ3) is 2.61.